The summed E-state index contributed by atoms with van der Waals surface area (Å²) < 4.78 is 36.4. The minimum atomic E-state index is -3.80. The number of benzene rings is 3. The van der Waals surface area contributed by atoms with Crippen LogP contribution in [0.3, 0.4) is 0 Å². The molecule has 0 bridgehead atoms. The van der Waals surface area contributed by atoms with Crippen LogP contribution in [0.15, 0.2) is 82.5 Å². The Labute approximate surface area is 184 Å². The lowest BCUT2D eigenvalue weighted by Gasteiger charge is -2.17. The molecule has 6 nitrogen and oxygen atoms in total. The fraction of sp³-hybridized carbons (Fsp3) is 0.174. The van der Waals surface area contributed by atoms with Crippen molar-refractivity contribution in [1.82, 2.24) is 9.29 Å². The van der Waals surface area contributed by atoms with Crippen molar-refractivity contribution in [2.45, 2.75) is 24.4 Å². The van der Waals surface area contributed by atoms with E-state index in [1.807, 2.05) is 48.5 Å². The second-order valence-corrected chi connectivity index (χ2v) is 9.86. The number of aromatic nitrogens is 1. The SMILES string of the molecule is COc1ccccc1[C@@H](C)NS(=O)(=O)c1ccc2c(c1)sc(=O)n2Cc1ccccc1. The molecule has 0 radical (unpaired) electrons. The summed E-state index contributed by atoms with van der Waals surface area (Å²) in [6.45, 7) is 2.21. The Bertz CT molecular complexity index is 1380. The number of hydrogen-bond donors (Lipinski definition) is 1. The quantitative estimate of drug-likeness (QED) is 0.455. The zero-order chi connectivity index (χ0) is 22.0. The Morgan fingerprint density at radius 3 is 2.48 bits per heavy atom. The van der Waals surface area contributed by atoms with Crippen LogP contribution in [0.2, 0.25) is 0 Å². The van der Waals surface area contributed by atoms with E-state index in [0.717, 1.165) is 28.0 Å². The number of sulfonamides is 1. The summed E-state index contributed by atoms with van der Waals surface area (Å²) >= 11 is 1.04. The summed E-state index contributed by atoms with van der Waals surface area (Å²) in [5.41, 5.74) is 2.47. The van der Waals surface area contributed by atoms with E-state index in [1.165, 1.54) is 6.07 Å². The molecule has 0 aliphatic heterocycles. The van der Waals surface area contributed by atoms with Gasteiger partial charge in [-0.2, -0.15) is 0 Å². The van der Waals surface area contributed by atoms with E-state index in [0.29, 0.717) is 17.0 Å². The zero-order valence-electron chi connectivity index (χ0n) is 17.1. The molecule has 31 heavy (non-hydrogen) atoms. The molecule has 0 unspecified atom stereocenters. The minimum absolute atomic E-state index is 0.120. The van der Waals surface area contributed by atoms with Crippen LogP contribution in [0.25, 0.3) is 10.2 Å². The monoisotopic (exact) mass is 454 g/mol. The number of para-hydroxylation sites is 1. The van der Waals surface area contributed by atoms with Crippen LogP contribution in [0.1, 0.15) is 24.1 Å². The Kier molecular flexibility index (Phi) is 5.95. The van der Waals surface area contributed by atoms with Gasteiger partial charge in [0, 0.05) is 11.6 Å². The molecule has 4 aromatic rings. The van der Waals surface area contributed by atoms with Gasteiger partial charge in [0.1, 0.15) is 5.75 Å². The average Bonchev–Trinajstić information content (AvgIpc) is 3.08. The van der Waals surface area contributed by atoms with Gasteiger partial charge >= 0.3 is 4.87 Å². The Morgan fingerprint density at radius 1 is 1.03 bits per heavy atom. The van der Waals surface area contributed by atoms with E-state index >= 15 is 0 Å². The van der Waals surface area contributed by atoms with Crippen molar-refractivity contribution in [3.8, 4) is 5.75 Å². The van der Waals surface area contributed by atoms with E-state index in [1.54, 1.807) is 36.8 Å². The molecule has 4 rings (SSSR count). The van der Waals surface area contributed by atoms with Crippen LogP contribution >= 0.6 is 11.3 Å². The predicted molar refractivity (Wildman–Crippen MR) is 123 cm³/mol. The van der Waals surface area contributed by atoms with E-state index in [-0.39, 0.29) is 9.77 Å². The Balaban J connectivity index is 1.64. The highest BCUT2D eigenvalue weighted by molar-refractivity contribution is 7.89. The van der Waals surface area contributed by atoms with Crippen molar-refractivity contribution in [2.24, 2.45) is 0 Å². The van der Waals surface area contributed by atoms with E-state index < -0.39 is 16.1 Å². The molecule has 1 atom stereocenters. The Morgan fingerprint density at radius 2 is 1.74 bits per heavy atom. The van der Waals surface area contributed by atoms with Crippen LogP contribution in [-0.4, -0.2) is 20.1 Å². The summed E-state index contributed by atoms with van der Waals surface area (Å²) in [4.78, 5) is 12.5. The number of rotatable bonds is 7. The van der Waals surface area contributed by atoms with Gasteiger partial charge < -0.3 is 4.74 Å². The molecule has 1 aromatic heterocycles. The second-order valence-electron chi connectivity index (χ2n) is 7.15. The molecule has 0 aliphatic carbocycles. The number of hydrogen-bond acceptors (Lipinski definition) is 5. The number of ether oxygens (including phenoxy) is 1. The van der Waals surface area contributed by atoms with Gasteiger partial charge in [-0.05, 0) is 36.8 Å². The maximum Gasteiger partial charge on any atom is 0.308 e. The highest BCUT2D eigenvalue weighted by Gasteiger charge is 2.21. The molecule has 3 aromatic carbocycles. The van der Waals surface area contributed by atoms with Crippen molar-refractivity contribution in [2.75, 3.05) is 7.11 Å². The number of thiazole rings is 1. The summed E-state index contributed by atoms with van der Waals surface area (Å²) in [5, 5.41) is 0. The smallest absolute Gasteiger partial charge is 0.308 e. The van der Waals surface area contributed by atoms with Crippen LogP contribution < -0.4 is 14.3 Å². The van der Waals surface area contributed by atoms with Gasteiger partial charge in [-0.15, -0.1) is 0 Å². The normalized spacial score (nSPS) is 12.7. The van der Waals surface area contributed by atoms with Gasteiger partial charge in [0.05, 0.1) is 28.8 Å². The zero-order valence-corrected chi connectivity index (χ0v) is 18.7. The molecule has 8 heteroatoms. The van der Waals surface area contributed by atoms with Gasteiger partial charge in [0.25, 0.3) is 0 Å². The van der Waals surface area contributed by atoms with Crippen molar-refractivity contribution in [3.05, 3.63) is 93.6 Å². The summed E-state index contributed by atoms with van der Waals surface area (Å²) in [6, 6.07) is 21.3. The molecular formula is C23H22N2O4S2. The highest BCUT2D eigenvalue weighted by Crippen LogP contribution is 2.27. The van der Waals surface area contributed by atoms with Gasteiger partial charge in [-0.25, -0.2) is 13.1 Å². The largest absolute Gasteiger partial charge is 0.496 e. The third-order valence-corrected chi connectivity index (χ3v) is 7.55. The maximum absolute atomic E-state index is 13.0. The molecule has 0 saturated carbocycles. The van der Waals surface area contributed by atoms with E-state index in [4.69, 9.17) is 4.74 Å². The molecule has 0 amide bonds. The topological polar surface area (TPSA) is 77.4 Å². The van der Waals surface area contributed by atoms with Crippen molar-refractivity contribution >= 4 is 31.6 Å². The lowest BCUT2D eigenvalue weighted by molar-refractivity contribution is 0.405. The van der Waals surface area contributed by atoms with E-state index in [9.17, 15) is 13.2 Å². The lowest BCUT2D eigenvalue weighted by Crippen LogP contribution is -2.27. The minimum Gasteiger partial charge on any atom is -0.496 e. The first-order chi connectivity index (χ1) is 14.9. The first-order valence-corrected chi connectivity index (χ1v) is 12.0. The van der Waals surface area contributed by atoms with Gasteiger partial charge in [0.2, 0.25) is 10.0 Å². The van der Waals surface area contributed by atoms with Crippen molar-refractivity contribution in [3.63, 3.8) is 0 Å². The number of methoxy groups -OCH3 is 1. The molecule has 0 spiro atoms. The molecule has 0 saturated heterocycles. The fourth-order valence-electron chi connectivity index (χ4n) is 3.52. The van der Waals surface area contributed by atoms with Gasteiger partial charge in [0.15, 0.2) is 0 Å². The highest BCUT2D eigenvalue weighted by atomic mass is 32.2. The molecule has 160 valence electrons. The third-order valence-electron chi connectivity index (χ3n) is 5.07. The molecule has 1 N–H and O–H groups in total. The van der Waals surface area contributed by atoms with Gasteiger partial charge in [-0.1, -0.05) is 59.9 Å². The fourth-order valence-corrected chi connectivity index (χ4v) is 5.77. The summed E-state index contributed by atoms with van der Waals surface area (Å²) in [5.74, 6) is 0.615. The second kappa shape index (κ2) is 8.66. The Hall–Kier alpha value is -2.94. The number of nitrogens with zero attached hydrogens (tertiary/aromatic N) is 1. The predicted octanol–water partition coefficient (Wildman–Crippen LogP) is 4.16. The lowest BCUT2D eigenvalue weighted by atomic mass is 10.1. The number of fused-ring (bicyclic) bond motifs is 1. The summed E-state index contributed by atoms with van der Waals surface area (Å²) in [6.07, 6.45) is 0. The van der Waals surface area contributed by atoms with Gasteiger partial charge in [-0.3, -0.25) is 9.36 Å². The molecule has 0 fully saturated rings. The number of nitrogens with one attached hydrogen (secondary N) is 1. The first kappa shape index (κ1) is 21.3. The van der Waals surface area contributed by atoms with Crippen LogP contribution in [0.5, 0.6) is 5.75 Å². The van der Waals surface area contributed by atoms with Crippen LogP contribution in [0.4, 0.5) is 0 Å². The maximum atomic E-state index is 13.0. The van der Waals surface area contributed by atoms with Crippen LogP contribution in [0, 0.1) is 0 Å². The standard InChI is InChI=1S/C23H22N2O4S2/c1-16(19-10-6-7-11-21(19)29-2)24-31(27,28)18-12-13-20-22(14-18)30-23(26)25(20)15-17-8-4-3-5-9-17/h3-14,16,24H,15H2,1-2H3/t16-/m1/s1. The van der Waals surface area contributed by atoms with Crippen molar-refractivity contribution < 1.29 is 13.2 Å². The molecule has 1 heterocycles. The molecule has 0 aliphatic rings. The van der Waals surface area contributed by atoms with E-state index in [2.05, 4.69) is 4.72 Å². The third kappa shape index (κ3) is 4.41. The van der Waals surface area contributed by atoms with Crippen LogP contribution in [-0.2, 0) is 16.6 Å². The molecular weight excluding hydrogens is 432 g/mol. The first-order valence-electron chi connectivity index (χ1n) is 9.71. The summed E-state index contributed by atoms with van der Waals surface area (Å²) in [7, 11) is -2.25. The van der Waals surface area contributed by atoms with Crippen molar-refractivity contribution in [1.29, 1.82) is 0 Å². The average molecular weight is 455 g/mol.